The van der Waals surface area contributed by atoms with Crippen molar-refractivity contribution < 1.29 is 23.7 Å². The van der Waals surface area contributed by atoms with Gasteiger partial charge in [-0.2, -0.15) is 0 Å². The van der Waals surface area contributed by atoms with Gasteiger partial charge in [0.05, 0.1) is 46.6 Å². The molecule has 0 bridgehead atoms. The first-order chi connectivity index (χ1) is 12.2. The first kappa shape index (κ1) is 17.8. The molecular formula is C18H26N2O5. The van der Waals surface area contributed by atoms with E-state index >= 15 is 0 Å². The average Bonchev–Trinajstić information content (AvgIpc) is 3.31. The van der Waals surface area contributed by atoms with Gasteiger partial charge in [-0.3, -0.25) is 9.69 Å². The lowest BCUT2D eigenvalue weighted by atomic mass is 10.1. The van der Waals surface area contributed by atoms with E-state index in [1.807, 2.05) is 0 Å². The fourth-order valence-electron chi connectivity index (χ4n) is 3.58. The van der Waals surface area contributed by atoms with Gasteiger partial charge in [-0.05, 0) is 38.1 Å². The minimum Gasteiger partial charge on any atom is -0.493 e. The van der Waals surface area contributed by atoms with Crippen LogP contribution in [0.15, 0.2) is 12.1 Å². The van der Waals surface area contributed by atoms with Crippen LogP contribution in [0.5, 0.6) is 17.2 Å². The van der Waals surface area contributed by atoms with Gasteiger partial charge in [0.25, 0.3) is 5.91 Å². The second-order valence-corrected chi connectivity index (χ2v) is 6.34. The number of carbonyl (C=O) groups is 1. The van der Waals surface area contributed by atoms with E-state index in [2.05, 4.69) is 10.2 Å². The Bertz CT molecular complexity index is 590. The van der Waals surface area contributed by atoms with Crippen molar-refractivity contribution >= 4 is 5.91 Å². The van der Waals surface area contributed by atoms with E-state index < -0.39 is 0 Å². The molecule has 3 rings (SSSR count). The van der Waals surface area contributed by atoms with Gasteiger partial charge in [-0.25, -0.2) is 0 Å². The van der Waals surface area contributed by atoms with Crippen LogP contribution in [0.4, 0.5) is 0 Å². The number of nitrogens with one attached hydrogen (secondary N) is 1. The van der Waals surface area contributed by atoms with Crippen molar-refractivity contribution in [2.75, 3.05) is 47.6 Å². The van der Waals surface area contributed by atoms with Gasteiger partial charge in [0.1, 0.15) is 0 Å². The lowest BCUT2D eigenvalue weighted by molar-refractivity contribution is 0.0916. The van der Waals surface area contributed by atoms with Crippen LogP contribution in [0.1, 0.15) is 23.2 Å². The molecule has 0 aliphatic carbocycles. The summed E-state index contributed by atoms with van der Waals surface area (Å²) in [6, 6.07) is 3.56. The Morgan fingerprint density at radius 2 is 1.72 bits per heavy atom. The second-order valence-electron chi connectivity index (χ2n) is 6.34. The number of likely N-dealkylation sites (tertiary alicyclic amines) is 1. The molecule has 7 heteroatoms. The smallest absolute Gasteiger partial charge is 0.251 e. The number of nitrogens with zero attached hydrogens (tertiary/aromatic N) is 1. The zero-order valence-corrected chi connectivity index (χ0v) is 15.0. The summed E-state index contributed by atoms with van der Waals surface area (Å²) >= 11 is 0. The van der Waals surface area contributed by atoms with Crippen LogP contribution in [0, 0.1) is 0 Å². The zero-order chi connectivity index (χ0) is 17.8. The number of benzene rings is 1. The summed E-state index contributed by atoms with van der Waals surface area (Å²) in [6.07, 6.45) is 2.42. The Morgan fingerprint density at radius 3 is 2.28 bits per heavy atom. The zero-order valence-electron chi connectivity index (χ0n) is 15.0. The van der Waals surface area contributed by atoms with Crippen molar-refractivity contribution in [1.82, 2.24) is 10.2 Å². The van der Waals surface area contributed by atoms with E-state index in [4.69, 9.17) is 18.9 Å². The average molecular weight is 350 g/mol. The van der Waals surface area contributed by atoms with Crippen LogP contribution in [-0.4, -0.2) is 70.5 Å². The van der Waals surface area contributed by atoms with E-state index in [1.165, 1.54) is 34.2 Å². The Balaban J connectivity index is 1.76. The molecule has 1 amide bonds. The monoisotopic (exact) mass is 350 g/mol. The largest absolute Gasteiger partial charge is 0.493 e. The summed E-state index contributed by atoms with van der Waals surface area (Å²) in [5.74, 6) is 1.23. The van der Waals surface area contributed by atoms with Crippen molar-refractivity contribution in [3.63, 3.8) is 0 Å². The highest BCUT2D eigenvalue weighted by atomic mass is 16.5. The Morgan fingerprint density at radius 1 is 1.08 bits per heavy atom. The molecule has 7 nitrogen and oxygen atoms in total. The highest BCUT2D eigenvalue weighted by Crippen LogP contribution is 2.38. The van der Waals surface area contributed by atoms with Crippen LogP contribution >= 0.6 is 0 Å². The Hall–Kier alpha value is -1.99. The van der Waals surface area contributed by atoms with Crippen molar-refractivity contribution in [1.29, 1.82) is 0 Å². The molecule has 2 unspecified atom stereocenters. The fourth-order valence-corrected chi connectivity index (χ4v) is 3.58. The number of amides is 1. The number of hydrogen-bond acceptors (Lipinski definition) is 6. The molecule has 2 saturated heterocycles. The highest BCUT2D eigenvalue weighted by molar-refractivity contribution is 5.96. The molecular weight excluding hydrogens is 324 g/mol. The van der Waals surface area contributed by atoms with Gasteiger partial charge >= 0.3 is 0 Å². The molecule has 2 aliphatic rings. The van der Waals surface area contributed by atoms with Crippen molar-refractivity contribution in [2.24, 2.45) is 0 Å². The predicted octanol–water partition coefficient (Wildman–Crippen LogP) is 1.31. The third kappa shape index (κ3) is 3.67. The first-order valence-electron chi connectivity index (χ1n) is 8.60. The first-order valence-corrected chi connectivity index (χ1v) is 8.60. The van der Waals surface area contributed by atoms with Crippen LogP contribution < -0.4 is 19.5 Å². The normalized spacial score (nSPS) is 23.5. The van der Waals surface area contributed by atoms with Crippen molar-refractivity contribution in [3.05, 3.63) is 17.7 Å². The molecule has 0 radical (unpaired) electrons. The third-order valence-corrected chi connectivity index (χ3v) is 4.90. The molecule has 0 spiro atoms. The van der Waals surface area contributed by atoms with E-state index in [1.54, 1.807) is 12.1 Å². The summed E-state index contributed by atoms with van der Waals surface area (Å²) in [6.45, 7) is 3.35. The maximum atomic E-state index is 12.8. The van der Waals surface area contributed by atoms with E-state index in [0.29, 0.717) is 36.0 Å². The van der Waals surface area contributed by atoms with Crippen LogP contribution in [0.25, 0.3) is 0 Å². The van der Waals surface area contributed by atoms with Crippen molar-refractivity contribution in [2.45, 2.75) is 24.9 Å². The summed E-state index contributed by atoms with van der Waals surface area (Å²) in [4.78, 5) is 15.2. The van der Waals surface area contributed by atoms with E-state index in [9.17, 15) is 4.79 Å². The molecule has 2 fully saturated rings. The van der Waals surface area contributed by atoms with Crippen LogP contribution in [0.3, 0.4) is 0 Å². The molecule has 0 aromatic heterocycles. The molecule has 0 saturated carbocycles. The molecule has 2 aliphatic heterocycles. The standard InChI is InChI=1S/C18H26N2O5/c1-22-15-8-12(9-16(23-2)17(15)24-3)18(21)19-13-10-25-11-14(13)20-6-4-5-7-20/h8-9,13-14H,4-7,10-11H2,1-3H3,(H,19,21). The Labute approximate surface area is 148 Å². The number of hydrogen-bond donors (Lipinski definition) is 1. The molecule has 1 aromatic carbocycles. The maximum absolute atomic E-state index is 12.8. The maximum Gasteiger partial charge on any atom is 0.251 e. The molecule has 1 aromatic rings. The summed E-state index contributed by atoms with van der Waals surface area (Å²) in [5, 5.41) is 3.10. The quantitative estimate of drug-likeness (QED) is 0.834. The summed E-state index contributed by atoms with van der Waals surface area (Å²) in [7, 11) is 4.61. The molecule has 25 heavy (non-hydrogen) atoms. The number of rotatable bonds is 6. The fraction of sp³-hybridized carbons (Fsp3) is 0.611. The lowest BCUT2D eigenvalue weighted by Gasteiger charge is -2.28. The number of ether oxygens (including phenoxy) is 4. The van der Waals surface area contributed by atoms with Gasteiger partial charge in [-0.15, -0.1) is 0 Å². The minimum atomic E-state index is -0.168. The van der Waals surface area contributed by atoms with E-state index in [-0.39, 0.29) is 18.0 Å². The van der Waals surface area contributed by atoms with Gasteiger partial charge in [0.15, 0.2) is 11.5 Å². The van der Waals surface area contributed by atoms with Crippen LogP contribution in [0.2, 0.25) is 0 Å². The Kier molecular flexibility index (Phi) is 5.65. The molecule has 2 heterocycles. The number of carbonyl (C=O) groups excluding carboxylic acids is 1. The summed E-state index contributed by atoms with van der Waals surface area (Å²) in [5.41, 5.74) is 0.474. The SMILES string of the molecule is COc1cc(C(=O)NC2COCC2N2CCCC2)cc(OC)c1OC. The lowest BCUT2D eigenvalue weighted by Crippen LogP contribution is -2.50. The molecule has 1 N–H and O–H groups in total. The number of methoxy groups -OCH3 is 3. The van der Waals surface area contributed by atoms with E-state index in [0.717, 1.165) is 13.1 Å². The molecule has 2 atom stereocenters. The summed E-state index contributed by atoms with van der Waals surface area (Å²) < 4.78 is 21.6. The van der Waals surface area contributed by atoms with Gasteiger partial charge in [0, 0.05) is 5.56 Å². The van der Waals surface area contributed by atoms with Gasteiger partial charge < -0.3 is 24.3 Å². The second kappa shape index (κ2) is 7.93. The highest BCUT2D eigenvalue weighted by Gasteiger charge is 2.35. The third-order valence-electron chi connectivity index (χ3n) is 4.90. The van der Waals surface area contributed by atoms with Gasteiger partial charge in [-0.1, -0.05) is 0 Å². The molecule has 138 valence electrons. The van der Waals surface area contributed by atoms with Crippen molar-refractivity contribution in [3.8, 4) is 17.2 Å². The topological polar surface area (TPSA) is 69.3 Å². The predicted molar refractivity (Wildman–Crippen MR) is 92.8 cm³/mol. The minimum absolute atomic E-state index is 0.00954. The van der Waals surface area contributed by atoms with Gasteiger partial charge in [0.2, 0.25) is 5.75 Å². The van der Waals surface area contributed by atoms with Crippen LogP contribution in [-0.2, 0) is 4.74 Å².